The quantitative estimate of drug-likeness (QED) is 0.435. The molecule has 1 aromatic rings. The standard InChI is InChI=1S/C24H36/c1-3-5-9-19-13-14-20(17-19)15-16-22-18-21(10-6-4-2)23-11-7-8-12-24(22)23/h7-8,11-12,18-20,22H,3-6,9-10,13-17H2,1-2H3. The van der Waals surface area contributed by atoms with Crippen LogP contribution in [0, 0.1) is 11.8 Å². The lowest BCUT2D eigenvalue weighted by Crippen LogP contribution is -2.00. The van der Waals surface area contributed by atoms with Crippen LogP contribution in [0.5, 0.6) is 0 Å². The minimum absolute atomic E-state index is 0.697. The lowest BCUT2D eigenvalue weighted by atomic mass is 9.90. The molecule has 3 atom stereocenters. The van der Waals surface area contributed by atoms with Gasteiger partial charge in [0.15, 0.2) is 0 Å². The smallest absolute Gasteiger partial charge is 0.00301 e. The first-order valence-corrected chi connectivity index (χ1v) is 10.6. The molecule has 0 heterocycles. The maximum Gasteiger partial charge on any atom is 0.00301 e. The molecule has 0 nitrogen and oxygen atoms in total. The molecular formula is C24H36. The third-order valence-corrected chi connectivity index (χ3v) is 6.41. The fourth-order valence-electron chi connectivity index (χ4n) is 4.97. The molecule has 0 spiro atoms. The third kappa shape index (κ3) is 4.32. The normalized spacial score (nSPS) is 25.8. The highest BCUT2D eigenvalue weighted by molar-refractivity contribution is 5.74. The van der Waals surface area contributed by atoms with Crippen LogP contribution in [-0.2, 0) is 0 Å². The molecule has 0 bridgehead atoms. The Kier molecular flexibility index (Phi) is 6.58. The van der Waals surface area contributed by atoms with Gasteiger partial charge in [0.05, 0.1) is 0 Å². The number of hydrogen-bond donors (Lipinski definition) is 0. The van der Waals surface area contributed by atoms with Gasteiger partial charge in [0, 0.05) is 5.92 Å². The molecule has 3 rings (SSSR count). The maximum atomic E-state index is 2.61. The molecular weight excluding hydrogens is 288 g/mol. The van der Waals surface area contributed by atoms with Gasteiger partial charge in [0.25, 0.3) is 0 Å². The molecule has 132 valence electrons. The molecule has 0 amide bonds. The highest BCUT2D eigenvalue weighted by Crippen LogP contribution is 2.43. The second kappa shape index (κ2) is 8.88. The van der Waals surface area contributed by atoms with E-state index >= 15 is 0 Å². The van der Waals surface area contributed by atoms with Crippen molar-refractivity contribution in [3.8, 4) is 0 Å². The van der Waals surface area contributed by atoms with Crippen molar-refractivity contribution in [1.82, 2.24) is 0 Å². The van der Waals surface area contributed by atoms with Crippen LogP contribution in [0.2, 0.25) is 0 Å². The Hall–Kier alpha value is -1.04. The highest BCUT2D eigenvalue weighted by Gasteiger charge is 2.27. The predicted octanol–water partition coefficient (Wildman–Crippen LogP) is 7.74. The largest absolute Gasteiger partial charge is 0.0732 e. The van der Waals surface area contributed by atoms with E-state index in [1.807, 2.05) is 0 Å². The zero-order valence-electron chi connectivity index (χ0n) is 15.9. The van der Waals surface area contributed by atoms with Crippen molar-refractivity contribution in [2.45, 2.75) is 90.4 Å². The van der Waals surface area contributed by atoms with Crippen molar-refractivity contribution in [3.63, 3.8) is 0 Å². The summed E-state index contributed by atoms with van der Waals surface area (Å²) in [4.78, 5) is 0. The molecule has 2 aliphatic carbocycles. The highest BCUT2D eigenvalue weighted by atomic mass is 14.3. The van der Waals surface area contributed by atoms with Gasteiger partial charge < -0.3 is 0 Å². The van der Waals surface area contributed by atoms with E-state index in [0.29, 0.717) is 5.92 Å². The predicted molar refractivity (Wildman–Crippen MR) is 106 cm³/mol. The lowest BCUT2D eigenvalue weighted by molar-refractivity contribution is 0.423. The Morgan fingerprint density at radius 3 is 2.42 bits per heavy atom. The molecule has 0 saturated heterocycles. The lowest BCUT2D eigenvalue weighted by Gasteiger charge is -2.15. The van der Waals surface area contributed by atoms with Gasteiger partial charge in [0.1, 0.15) is 0 Å². The number of benzene rings is 1. The fraction of sp³-hybridized carbons (Fsp3) is 0.667. The summed E-state index contributed by atoms with van der Waals surface area (Å²) in [5.41, 5.74) is 4.80. The Morgan fingerprint density at radius 2 is 1.62 bits per heavy atom. The van der Waals surface area contributed by atoms with Crippen LogP contribution >= 0.6 is 0 Å². The van der Waals surface area contributed by atoms with Crippen molar-refractivity contribution >= 4 is 5.57 Å². The minimum atomic E-state index is 0.697. The average molecular weight is 325 g/mol. The second-order valence-corrected chi connectivity index (χ2v) is 8.25. The minimum Gasteiger partial charge on any atom is -0.0732 e. The maximum absolute atomic E-state index is 2.61. The molecule has 0 radical (unpaired) electrons. The summed E-state index contributed by atoms with van der Waals surface area (Å²) >= 11 is 0. The third-order valence-electron chi connectivity index (χ3n) is 6.41. The van der Waals surface area contributed by atoms with E-state index in [9.17, 15) is 0 Å². The number of fused-ring (bicyclic) bond motifs is 1. The van der Waals surface area contributed by atoms with E-state index in [-0.39, 0.29) is 0 Å². The SMILES string of the molecule is CCCCC1=CC(CCC2CCC(CCCC)C2)c2ccccc21. The molecule has 1 fully saturated rings. The van der Waals surface area contributed by atoms with Crippen molar-refractivity contribution < 1.29 is 0 Å². The monoisotopic (exact) mass is 324 g/mol. The van der Waals surface area contributed by atoms with E-state index in [0.717, 1.165) is 11.8 Å². The number of rotatable bonds is 9. The molecule has 0 aromatic heterocycles. The van der Waals surface area contributed by atoms with Gasteiger partial charge in [-0.05, 0) is 60.6 Å². The number of unbranched alkanes of at least 4 members (excludes halogenated alkanes) is 2. The molecule has 2 aliphatic rings. The first kappa shape index (κ1) is 17.8. The Morgan fingerprint density at radius 1 is 0.875 bits per heavy atom. The molecule has 1 aromatic carbocycles. The Bertz CT molecular complexity index is 539. The summed E-state index contributed by atoms with van der Waals surface area (Å²) in [5, 5.41) is 0. The zero-order chi connectivity index (χ0) is 16.8. The van der Waals surface area contributed by atoms with Crippen LogP contribution in [0.3, 0.4) is 0 Å². The van der Waals surface area contributed by atoms with Gasteiger partial charge in [0.2, 0.25) is 0 Å². The van der Waals surface area contributed by atoms with Crippen LogP contribution in [-0.4, -0.2) is 0 Å². The fourth-order valence-corrected chi connectivity index (χ4v) is 4.97. The average Bonchev–Trinajstić information content (AvgIpc) is 3.21. The van der Waals surface area contributed by atoms with E-state index < -0.39 is 0 Å². The van der Waals surface area contributed by atoms with Gasteiger partial charge in [-0.15, -0.1) is 0 Å². The molecule has 0 aliphatic heterocycles. The summed E-state index contributed by atoms with van der Waals surface area (Å²) in [5.74, 6) is 2.75. The van der Waals surface area contributed by atoms with Gasteiger partial charge in [-0.2, -0.15) is 0 Å². The summed E-state index contributed by atoms with van der Waals surface area (Å²) in [7, 11) is 0. The molecule has 1 saturated carbocycles. The summed E-state index contributed by atoms with van der Waals surface area (Å²) in [6.07, 6.45) is 18.1. The van der Waals surface area contributed by atoms with Gasteiger partial charge in [-0.25, -0.2) is 0 Å². The van der Waals surface area contributed by atoms with Crippen LogP contribution in [0.1, 0.15) is 102 Å². The van der Waals surface area contributed by atoms with Crippen LogP contribution in [0.4, 0.5) is 0 Å². The van der Waals surface area contributed by atoms with Crippen molar-refractivity contribution in [1.29, 1.82) is 0 Å². The molecule has 0 N–H and O–H groups in total. The first-order chi connectivity index (χ1) is 11.8. The molecule has 24 heavy (non-hydrogen) atoms. The van der Waals surface area contributed by atoms with Gasteiger partial charge in [-0.3, -0.25) is 0 Å². The summed E-state index contributed by atoms with van der Waals surface area (Å²) in [6, 6.07) is 9.19. The van der Waals surface area contributed by atoms with E-state index in [1.165, 1.54) is 70.6 Å². The van der Waals surface area contributed by atoms with Crippen molar-refractivity contribution in [2.24, 2.45) is 11.8 Å². The van der Waals surface area contributed by atoms with Crippen LogP contribution < -0.4 is 0 Å². The van der Waals surface area contributed by atoms with Crippen molar-refractivity contribution in [3.05, 3.63) is 41.5 Å². The Labute approximate surface area is 149 Å². The Balaban J connectivity index is 1.54. The molecule has 0 heteroatoms. The first-order valence-electron chi connectivity index (χ1n) is 10.6. The number of hydrogen-bond acceptors (Lipinski definition) is 0. The van der Waals surface area contributed by atoms with E-state index in [2.05, 4.69) is 44.2 Å². The van der Waals surface area contributed by atoms with E-state index in [4.69, 9.17) is 0 Å². The summed E-state index contributed by atoms with van der Waals surface area (Å²) < 4.78 is 0. The van der Waals surface area contributed by atoms with Crippen LogP contribution in [0.15, 0.2) is 30.3 Å². The van der Waals surface area contributed by atoms with Crippen molar-refractivity contribution in [2.75, 3.05) is 0 Å². The zero-order valence-corrected chi connectivity index (χ0v) is 15.9. The second-order valence-electron chi connectivity index (χ2n) is 8.25. The van der Waals surface area contributed by atoms with Crippen LogP contribution in [0.25, 0.3) is 5.57 Å². The molecule has 3 unspecified atom stereocenters. The van der Waals surface area contributed by atoms with Gasteiger partial charge >= 0.3 is 0 Å². The topological polar surface area (TPSA) is 0 Å². The number of allylic oxidation sites excluding steroid dienone is 2. The van der Waals surface area contributed by atoms with E-state index in [1.54, 1.807) is 16.7 Å². The van der Waals surface area contributed by atoms with Gasteiger partial charge in [-0.1, -0.05) is 82.7 Å². The summed E-state index contributed by atoms with van der Waals surface area (Å²) in [6.45, 7) is 4.63.